The maximum atomic E-state index is 1.58. The molecule has 0 spiro atoms. The van der Waals surface area contributed by atoms with E-state index in [9.17, 15) is 0 Å². The molecule has 0 amide bonds. The summed E-state index contributed by atoms with van der Waals surface area (Å²) in [7, 11) is 0. The molecule has 148 valence electrons. The number of fused-ring (bicyclic) bond motifs is 6. The van der Waals surface area contributed by atoms with Crippen LogP contribution in [0.3, 0.4) is 0 Å². The Hall–Kier alpha value is 0. The van der Waals surface area contributed by atoms with Crippen molar-refractivity contribution in [3.05, 3.63) is 0 Å². The van der Waals surface area contributed by atoms with E-state index < -0.39 is 0 Å². The Labute approximate surface area is 163 Å². The van der Waals surface area contributed by atoms with Crippen LogP contribution in [-0.4, -0.2) is 0 Å². The van der Waals surface area contributed by atoms with Crippen LogP contribution in [0.4, 0.5) is 0 Å². The molecule has 0 radical (unpaired) electrons. The lowest BCUT2D eigenvalue weighted by molar-refractivity contribution is 0.0198. The molecule has 0 heterocycles. The summed E-state index contributed by atoms with van der Waals surface area (Å²) in [5.74, 6) is 9.44. The van der Waals surface area contributed by atoms with Gasteiger partial charge in [-0.05, 0) is 85.9 Å². The molecule has 11 fully saturated rings. The van der Waals surface area contributed by atoms with Crippen LogP contribution in [0.5, 0.6) is 0 Å². The Bertz CT molecular complexity index is 364. The molecule has 0 aromatic heterocycles. The Morgan fingerprint density at radius 1 is 0.192 bits per heavy atom. The van der Waals surface area contributed by atoms with Crippen molar-refractivity contribution >= 4 is 0 Å². The lowest BCUT2D eigenvalue weighted by Crippen LogP contribution is -2.38. The van der Waals surface area contributed by atoms with Gasteiger partial charge in [-0.2, -0.15) is 0 Å². The van der Waals surface area contributed by atoms with Gasteiger partial charge in [0.25, 0.3) is 0 Å². The van der Waals surface area contributed by atoms with Gasteiger partial charge in [-0.3, -0.25) is 0 Å². The standard InChI is InChI=1S/C8H14.C7H12.C6H10.C5H8/c1-2-8-5-3-7(1)4-6-8;1-2-7-4-3-6(1)5-7;1-2-6-3-5(1)4-6;1-4-2-5(1)3-4/h7-8H,1-6H2;6-7H,1-5H2;5-6H,1-4H2;4-5H,1-3H2. The highest BCUT2D eigenvalue weighted by Gasteiger charge is 2.41. The molecule has 0 unspecified atom stereocenters. The van der Waals surface area contributed by atoms with Crippen LogP contribution >= 0.6 is 0 Å². The molecule has 11 aliphatic carbocycles. The molecule has 26 heavy (non-hydrogen) atoms. The minimum Gasteiger partial charge on any atom is -0.0502 e. The molecule has 0 N–H and O–H groups in total. The quantitative estimate of drug-likeness (QED) is 0.412. The summed E-state index contributed by atoms with van der Waals surface area (Å²) in [5, 5.41) is 0. The van der Waals surface area contributed by atoms with Crippen molar-refractivity contribution in [3.8, 4) is 0 Å². The molecule has 0 heteroatoms. The van der Waals surface area contributed by atoms with Crippen LogP contribution < -0.4 is 0 Å². The zero-order valence-corrected chi connectivity index (χ0v) is 17.3. The third-order valence-electron chi connectivity index (χ3n) is 9.90. The maximum Gasteiger partial charge on any atom is -0.0406 e. The molecule has 0 nitrogen and oxygen atoms in total. The average molecular weight is 357 g/mol. The SMILES string of the molecule is C1C2CC1C2.C1CC2CC1C2.C1CC2CCC1C2.C1CC2CCC1CC2. The fourth-order valence-electron chi connectivity index (χ4n) is 7.48. The summed E-state index contributed by atoms with van der Waals surface area (Å²) < 4.78 is 0. The molecule has 11 aliphatic rings. The van der Waals surface area contributed by atoms with E-state index in [0.717, 1.165) is 11.8 Å². The summed E-state index contributed by atoms with van der Waals surface area (Å²) in [5.41, 5.74) is 0. The third-order valence-corrected chi connectivity index (χ3v) is 9.90. The number of hydrogen-bond acceptors (Lipinski definition) is 0. The van der Waals surface area contributed by atoms with Gasteiger partial charge in [0, 0.05) is 0 Å². The van der Waals surface area contributed by atoms with E-state index in [2.05, 4.69) is 0 Å². The Morgan fingerprint density at radius 3 is 0.500 bits per heavy atom. The van der Waals surface area contributed by atoms with Crippen LogP contribution in [-0.2, 0) is 0 Å². The first-order chi connectivity index (χ1) is 12.8. The van der Waals surface area contributed by atoms with Crippen molar-refractivity contribution in [2.75, 3.05) is 0 Å². The van der Waals surface area contributed by atoms with E-state index in [-0.39, 0.29) is 0 Å². The van der Waals surface area contributed by atoms with Crippen molar-refractivity contribution < 1.29 is 0 Å². The summed E-state index contributed by atoms with van der Waals surface area (Å²) in [6.45, 7) is 0. The highest BCUT2D eigenvalue weighted by atomic mass is 14.5. The fraction of sp³-hybridized carbons (Fsp3) is 1.00. The van der Waals surface area contributed by atoms with Gasteiger partial charge in [0.15, 0.2) is 0 Å². The Morgan fingerprint density at radius 2 is 0.385 bits per heavy atom. The van der Waals surface area contributed by atoms with Crippen molar-refractivity contribution in [1.29, 1.82) is 0 Å². The predicted molar refractivity (Wildman–Crippen MR) is 111 cm³/mol. The van der Waals surface area contributed by atoms with Crippen LogP contribution in [0.25, 0.3) is 0 Å². The zero-order valence-electron chi connectivity index (χ0n) is 17.3. The van der Waals surface area contributed by atoms with Crippen molar-refractivity contribution in [1.82, 2.24) is 0 Å². The lowest BCUT2D eigenvalue weighted by Gasteiger charge is -2.49. The maximum absolute atomic E-state index is 1.58. The molecule has 0 aromatic rings. The minimum absolute atomic E-state index is 1.15. The molecule has 0 aliphatic heterocycles. The van der Waals surface area contributed by atoms with Gasteiger partial charge in [0.05, 0.1) is 0 Å². The molecular weight excluding hydrogens is 312 g/mol. The number of hydrogen-bond donors (Lipinski definition) is 0. The summed E-state index contributed by atoms with van der Waals surface area (Å²) in [6.07, 6.45) is 28.2. The Kier molecular flexibility index (Phi) is 5.67. The van der Waals surface area contributed by atoms with Gasteiger partial charge in [0.2, 0.25) is 0 Å². The first-order valence-electron chi connectivity index (χ1n) is 12.8. The number of rotatable bonds is 0. The second-order valence-corrected chi connectivity index (χ2v) is 11.8. The first kappa shape index (κ1) is 18.1. The van der Waals surface area contributed by atoms with Gasteiger partial charge in [-0.25, -0.2) is 0 Å². The van der Waals surface area contributed by atoms with Gasteiger partial charge in [-0.15, -0.1) is 0 Å². The van der Waals surface area contributed by atoms with E-state index in [1.54, 1.807) is 116 Å². The van der Waals surface area contributed by atoms with Crippen molar-refractivity contribution in [3.63, 3.8) is 0 Å². The molecule has 11 rings (SSSR count). The van der Waals surface area contributed by atoms with Gasteiger partial charge in [0.1, 0.15) is 0 Å². The smallest absolute Gasteiger partial charge is 0.0406 e. The van der Waals surface area contributed by atoms with Crippen molar-refractivity contribution in [2.24, 2.45) is 47.3 Å². The van der Waals surface area contributed by atoms with E-state index in [0.29, 0.717) is 0 Å². The predicted octanol–water partition coefficient (Wildman–Crippen LogP) is 8.01. The van der Waals surface area contributed by atoms with E-state index in [1.165, 1.54) is 35.5 Å². The first-order valence-corrected chi connectivity index (χ1v) is 12.8. The lowest BCUT2D eigenvalue weighted by atomic mass is 9.56. The third kappa shape index (κ3) is 4.35. The van der Waals surface area contributed by atoms with Crippen LogP contribution in [0.2, 0.25) is 0 Å². The Balaban J connectivity index is 0.0000000778. The minimum atomic E-state index is 1.15. The monoisotopic (exact) mass is 356 g/mol. The van der Waals surface area contributed by atoms with Crippen LogP contribution in [0.15, 0.2) is 0 Å². The fourth-order valence-corrected chi connectivity index (χ4v) is 7.48. The zero-order chi connectivity index (χ0) is 17.3. The molecule has 8 bridgehead atoms. The molecular formula is C26H44. The summed E-state index contributed by atoms with van der Waals surface area (Å²) in [6, 6.07) is 0. The van der Waals surface area contributed by atoms with Crippen LogP contribution in [0, 0.1) is 47.3 Å². The second-order valence-electron chi connectivity index (χ2n) is 11.8. The molecule has 0 aromatic carbocycles. The van der Waals surface area contributed by atoms with Crippen LogP contribution in [0.1, 0.15) is 116 Å². The molecule has 0 atom stereocenters. The average Bonchev–Trinajstić information content (AvgIpc) is 3.36. The van der Waals surface area contributed by atoms with E-state index in [1.807, 2.05) is 0 Å². The van der Waals surface area contributed by atoms with E-state index >= 15 is 0 Å². The normalized spacial score (nSPS) is 49.8. The summed E-state index contributed by atoms with van der Waals surface area (Å²) >= 11 is 0. The van der Waals surface area contributed by atoms with Gasteiger partial charge >= 0.3 is 0 Å². The second kappa shape index (κ2) is 8.16. The molecule has 11 saturated carbocycles. The largest absolute Gasteiger partial charge is 0.0502 e. The van der Waals surface area contributed by atoms with Crippen molar-refractivity contribution in [2.45, 2.75) is 116 Å². The van der Waals surface area contributed by atoms with Gasteiger partial charge < -0.3 is 0 Å². The van der Waals surface area contributed by atoms with Gasteiger partial charge in [-0.1, -0.05) is 77.0 Å². The highest BCUT2D eigenvalue weighted by Crippen LogP contribution is 2.53. The summed E-state index contributed by atoms with van der Waals surface area (Å²) in [4.78, 5) is 0. The van der Waals surface area contributed by atoms with E-state index in [4.69, 9.17) is 0 Å². The highest BCUT2D eigenvalue weighted by molar-refractivity contribution is 4.92. The molecule has 0 saturated heterocycles. The topological polar surface area (TPSA) is 0 Å².